The number of nitrogens with zero attached hydrogens (tertiary/aromatic N) is 1. The van der Waals surface area contributed by atoms with Gasteiger partial charge in [0, 0.05) is 11.4 Å². The molecule has 1 aliphatic rings. The fourth-order valence-corrected chi connectivity index (χ4v) is 5.76. The molecule has 11 heteroatoms. The molecule has 3 rings (SSSR count). The van der Waals surface area contributed by atoms with E-state index in [-0.39, 0.29) is 12.2 Å². The molecule has 0 saturated carbocycles. The molecule has 2 heterocycles. The molecule has 178 valence electrons. The van der Waals surface area contributed by atoms with Crippen molar-refractivity contribution < 1.29 is 32.3 Å². The Morgan fingerprint density at radius 2 is 1.88 bits per heavy atom. The number of benzene rings is 1. The normalized spacial score (nSPS) is 12.9. The van der Waals surface area contributed by atoms with Crippen LogP contribution in [0.4, 0.5) is 10.7 Å². The number of fused-ring (bicyclic) bond motifs is 1. The lowest BCUT2D eigenvalue weighted by atomic mass is 10.1. The number of carbonyl (C=O) groups is 3. The molecule has 1 aliphatic heterocycles. The van der Waals surface area contributed by atoms with Crippen LogP contribution in [-0.2, 0) is 37.1 Å². The minimum atomic E-state index is -3.38. The van der Waals surface area contributed by atoms with Crippen molar-refractivity contribution >= 4 is 49.9 Å². The Morgan fingerprint density at radius 1 is 1.15 bits per heavy atom. The minimum absolute atomic E-state index is 0.212. The second kappa shape index (κ2) is 9.92. The van der Waals surface area contributed by atoms with Gasteiger partial charge < -0.3 is 14.8 Å². The number of thiophene rings is 1. The lowest BCUT2D eigenvalue weighted by Crippen LogP contribution is -2.27. The zero-order valence-electron chi connectivity index (χ0n) is 18.9. The Hall–Kier alpha value is -2.92. The number of hydrogen-bond donors (Lipinski definition) is 1. The zero-order chi connectivity index (χ0) is 24.3. The SMILES string of the molecule is CCOC(=O)c1c(NC(=O)COC(=O)c2ccc3c(c2)CCN3S(C)(=O)=O)sc(CC)c1C. The van der Waals surface area contributed by atoms with Gasteiger partial charge in [0.25, 0.3) is 5.91 Å². The smallest absolute Gasteiger partial charge is 0.341 e. The van der Waals surface area contributed by atoms with Crippen LogP contribution >= 0.6 is 11.3 Å². The highest BCUT2D eigenvalue weighted by molar-refractivity contribution is 7.92. The van der Waals surface area contributed by atoms with E-state index in [1.54, 1.807) is 26.0 Å². The molecule has 9 nitrogen and oxygen atoms in total. The average molecular weight is 495 g/mol. The number of carbonyl (C=O) groups excluding carboxylic acids is 3. The number of amides is 1. The van der Waals surface area contributed by atoms with Gasteiger partial charge in [0.05, 0.1) is 29.7 Å². The van der Waals surface area contributed by atoms with E-state index in [1.165, 1.54) is 21.7 Å². The van der Waals surface area contributed by atoms with Crippen molar-refractivity contribution in [2.45, 2.75) is 33.6 Å². The van der Waals surface area contributed by atoms with Crippen LogP contribution in [0.15, 0.2) is 18.2 Å². The highest BCUT2D eigenvalue weighted by Gasteiger charge is 2.27. The molecule has 0 fully saturated rings. The first-order chi connectivity index (χ1) is 15.6. The van der Waals surface area contributed by atoms with E-state index in [9.17, 15) is 22.8 Å². The van der Waals surface area contributed by atoms with Crippen LogP contribution in [0.1, 0.15) is 50.6 Å². The third-order valence-electron chi connectivity index (χ3n) is 5.20. The maximum atomic E-state index is 12.4. The number of esters is 2. The van der Waals surface area contributed by atoms with E-state index >= 15 is 0 Å². The molecule has 0 spiro atoms. The Morgan fingerprint density at radius 3 is 2.52 bits per heavy atom. The molecule has 0 saturated heterocycles. The summed E-state index contributed by atoms with van der Waals surface area (Å²) in [5.74, 6) is -1.80. The van der Waals surface area contributed by atoms with Crippen LogP contribution in [0.2, 0.25) is 0 Å². The largest absolute Gasteiger partial charge is 0.462 e. The number of aryl methyl sites for hydroxylation is 1. The van der Waals surface area contributed by atoms with Gasteiger partial charge in [0.15, 0.2) is 6.61 Å². The van der Waals surface area contributed by atoms with Crippen LogP contribution in [0.3, 0.4) is 0 Å². The Bertz CT molecular complexity index is 1200. The Balaban J connectivity index is 1.67. The second-order valence-corrected chi connectivity index (χ2v) is 10.5. The van der Waals surface area contributed by atoms with Gasteiger partial charge in [-0.05, 0) is 56.0 Å². The van der Waals surface area contributed by atoms with Crippen molar-refractivity contribution in [2.75, 3.05) is 35.6 Å². The van der Waals surface area contributed by atoms with Gasteiger partial charge in [-0.2, -0.15) is 0 Å². The molecule has 0 unspecified atom stereocenters. The number of ether oxygens (including phenoxy) is 2. The molecule has 1 aromatic heterocycles. The number of sulfonamides is 1. The van der Waals surface area contributed by atoms with Crippen LogP contribution in [0, 0.1) is 6.92 Å². The van der Waals surface area contributed by atoms with Gasteiger partial charge in [0.1, 0.15) is 5.00 Å². The Labute approximate surface area is 196 Å². The van der Waals surface area contributed by atoms with Crippen molar-refractivity contribution in [3.05, 3.63) is 45.3 Å². The summed E-state index contributed by atoms with van der Waals surface area (Å²) in [6.07, 6.45) is 2.32. The number of nitrogens with one attached hydrogen (secondary N) is 1. The van der Waals surface area contributed by atoms with Crippen molar-refractivity contribution in [1.29, 1.82) is 0 Å². The van der Waals surface area contributed by atoms with Gasteiger partial charge in [-0.3, -0.25) is 9.10 Å². The number of hydrogen-bond acceptors (Lipinski definition) is 8. The van der Waals surface area contributed by atoms with E-state index in [1.807, 2.05) is 6.92 Å². The van der Waals surface area contributed by atoms with Gasteiger partial charge in [-0.25, -0.2) is 18.0 Å². The number of rotatable bonds is 8. The highest BCUT2D eigenvalue weighted by Crippen LogP contribution is 2.34. The van der Waals surface area contributed by atoms with Crippen molar-refractivity contribution in [2.24, 2.45) is 0 Å². The van der Waals surface area contributed by atoms with E-state index in [0.717, 1.165) is 22.3 Å². The molecular weight excluding hydrogens is 468 g/mol. The maximum Gasteiger partial charge on any atom is 0.341 e. The fraction of sp³-hybridized carbons (Fsp3) is 0.409. The predicted octanol–water partition coefficient (Wildman–Crippen LogP) is 2.91. The molecule has 0 aliphatic carbocycles. The summed E-state index contributed by atoms with van der Waals surface area (Å²) in [6, 6.07) is 4.61. The van der Waals surface area contributed by atoms with Gasteiger partial charge in [0.2, 0.25) is 10.0 Å². The van der Waals surface area contributed by atoms with Crippen molar-refractivity contribution in [3.8, 4) is 0 Å². The quantitative estimate of drug-likeness (QED) is 0.561. The van der Waals surface area contributed by atoms with Gasteiger partial charge >= 0.3 is 11.9 Å². The van der Waals surface area contributed by atoms with E-state index < -0.39 is 34.5 Å². The number of anilines is 2. The third-order valence-corrected chi connectivity index (χ3v) is 7.73. The van der Waals surface area contributed by atoms with Crippen LogP contribution in [0.25, 0.3) is 0 Å². The molecule has 33 heavy (non-hydrogen) atoms. The monoisotopic (exact) mass is 494 g/mol. The molecule has 0 atom stereocenters. The summed E-state index contributed by atoms with van der Waals surface area (Å²) in [4.78, 5) is 38.1. The standard InChI is InChI=1S/C22H26N2O7S2/c1-5-17-13(3)19(22(27)30-6-2)20(32-17)23-18(25)12-31-21(26)15-7-8-16-14(11-15)9-10-24(16)33(4,28)29/h7-8,11H,5-6,9-10,12H2,1-4H3,(H,23,25). The molecule has 0 radical (unpaired) electrons. The van der Waals surface area contributed by atoms with Gasteiger partial charge in [-0.15, -0.1) is 11.3 Å². The van der Waals surface area contributed by atoms with E-state index in [4.69, 9.17) is 9.47 Å². The predicted molar refractivity (Wildman–Crippen MR) is 126 cm³/mol. The van der Waals surface area contributed by atoms with Crippen molar-refractivity contribution in [1.82, 2.24) is 0 Å². The summed E-state index contributed by atoms with van der Waals surface area (Å²) in [7, 11) is -3.38. The molecule has 0 bridgehead atoms. The molecule has 1 aromatic carbocycles. The molecule has 2 aromatic rings. The van der Waals surface area contributed by atoms with Gasteiger partial charge in [-0.1, -0.05) is 6.92 Å². The average Bonchev–Trinajstić information content (AvgIpc) is 3.32. The van der Waals surface area contributed by atoms with E-state index in [2.05, 4.69) is 5.32 Å². The topological polar surface area (TPSA) is 119 Å². The minimum Gasteiger partial charge on any atom is -0.462 e. The molecule has 1 amide bonds. The lowest BCUT2D eigenvalue weighted by molar-refractivity contribution is -0.119. The molecule has 1 N–H and O–H groups in total. The summed E-state index contributed by atoms with van der Waals surface area (Å²) in [5.41, 5.74) is 2.56. The summed E-state index contributed by atoms with van der Waals surface area (Å²) >= 11 is 1.29. The first-order valence-electron chi connectivity index (χ1n) is 10.4. The van der Waals surface area contributed by atoms with Crippen LogP contribution in [0.5, 0.6) is 0 Å². The fourth-order valence-electron chi connectivity index (χ4n) is 3.65. The summed E-state index contributed by atoms with van der Waals surface area (Å²) < 4.78 is 35.2. The van der Waals surface area contributed by atoms with Crippen LogP contribution < -0.4 is 9.62 Å². The summed E-state index contributed by atoms with van der Waals surface area (Å²) in [6.45, 7) is 5.45. The second-order valence-electron chi connectivity index (χ2n) is 7.48. The first kappa shape index (κ1) is 24.7. The Kier molecular flexibility index (Phi) is 7.43. The zero-order valence-corrected chi connectivity index (χ0v) is 20.5. The lowest BCUT2D eigenvalue weighted by Gasteiger charge is -2.16. The summed E-state index contributed by atoms with van der Waals surface area (Å²) in [5, 5.41) is 3.01. The maximum absolute atomic E-state index is 12.4. The molecular formula is C22H26N2O7S2. The van der Waals surface area contributed by atoms with E-state index in [0.29, 0.717) is 35.6 Å². The van der Waals surface area contributed by atoms with Crippen LogP contribution in [-0.4, -0.2) is 52.3 Å². The van der Waals surface area contributed by atoms with Crippen molar-refractivity contribution in [3.63, 3.8) is 0 Å². The highest BCUT2D eigenvalue weighted by atomic mass is 32.2. The first-order valence-corrected chi connectivity index (χ1v) is 13.1. The third kappa shape index (κ3) is 5.36.